The van der Waals surface area contributed by atoms with Gasteiger partial charge in [0.25, 0.3) is 6.47 Å². The van der Waals surface area contributed by atoms with Crippen molar-refractivity contribution in [2.75, 3.05) is 0 Å². The van der Waals surface area contributed by atoms with Crippen LogP contribution in [0.1, 0.15) is 44.4 Å². The molecule has 0 saturated heterocycles. The first-order valence-electron chi connectivity index (χ1n) is 10.1. The lowest BCUT2D eigenvalue weighted by Gasteiger charge is -2.30. The highest BCUT2D eigenvalue weighted by Gasteiger charge is 2.54. The van der Waals surface area contributed by atoms with Crippen molar-refractivity contribution in [2.45, 2.75) is 51.2 Å². The molecule has 1 heterocycles. The molecule has 1 atom stereocenters. The van der Waals surface area contributed by atoms with Crippen LogP contribution in [0.4, 0.5) is 17.6 Å². The fourth-order valence-corrected chi connectivity index (χ4v) is 3.24. The van der Waals surface area contributed by atoms with Crippen LogP contribution in [0.15, 0.2) is 54.8 Å². The number of carbonyl (C=O) groups excluding carboxylic acids is 1. The SMILES string of the molecule is C=C1Oc2cc(OC(C)C(C)(C)OC=O)ccc2C=C1c1ccccc1C(F)(F)C(C)(F)F. The number of alkyl halides is 4. The molecule has 0 aliphatic carbocycles. The van der Waals surface area contributed by atoms with E-state index in [1.807, 2.05) is 0 Å². The van der Waals surface area contributed by atoms with Crippen molar-refractivity contribution in [3.8, 4) is 11.5 Å². The van der Waals surface area contributed by atoms with Gasteiger partial charge in [-0.3, -0.25) is 4.79 Å². The minimum Gasteiger partial charge on any atom is -0.486 e. The third-order valence-corrected chi connectivity index (χ3v) is 5.57. The summed E-state index contributed by atoms with van der Waals surface area (Å²) in [5.41, 5.74) is -1.10. The normalized spacial score (nSPS) is 15.2. The molecule has 1 unspecified atom stereocenters. The second-order valence-electron chi connectivity index (χ2n) is 8.37. The number of allylic oxidation sites excluding steroid dienone is 1. The predicted molar refractivity (Wildman–Crippen MR) is 116 cm³/mol. The highest BCUT2D eigenvalue weighted by molar-refractivity contribution is 5.94. The number of rotatable bonds is 8. The Balaban J connectivity index is 1.97. The van der Waals surface area contributed by atoms with Crippen molar-refractivity contribution < 1.29 is 36.6 Å². The van der Waals surface area contributed by atoms with Gasteiger partial charge in [-0.15, -0.1) is 0 Å². The van der Waals surface area contributed by atoms with Crippen molar-refractivity contribution >= 4 is 18.1 Å². The van der Waals surface area contributed by atoms with Crippen molar-refractivity contribution in [1.29, 1.82) is 0 Å². The van der Waals surface area contributed by atoms with Gasteiger partial charge < -0.3 is 14.2 Å². The molecule has 1 aliphatic rings. The van der Waals surface area contributed by atoms with E-state index >= 15 is 0 Å². The first-order valence-corrected chi connectivity index (χ1v) is 10.1. The van der Waals surface area contributed by atoms with Gasteiger partial charge in [0.1, 0.15) is 29.0 Å². The third kappa shape index (κ3) is 4.74. The smallest absolute Gasteiger partial charge is 0.335 e. The van der Waals surface area contributed by atoms with E-state index in [9.17, 15) is 22.4 Å². The zero-order valence-electron chi connectivity index (χ0n) is 18.6. The highest BCUT2D eigenvalue weighted by Crippen LogP contribution is 2.47. The van der Waals surface area contributed by atoms with Gasteiger partial charge in [-0.05, 0) is 44.5 Å². The molecule has 2 aromatic carbocycles. The first kappa shape index (κ1) is 24.4. The van der Waals surface area contributed by atoms with Gasteiger partial charge in [0.15, 0.2) is 0 Å². The van der Waals surface area contributed by atoms with Crippen LogP contribution in [0, 0.1) is 0 Å². The number of carbonyl (C=O) groups is 1. The molecule has 0 fully saturated rings. The molecule has 33 heavy (non-hydrogen) atoms. The van der Waals surface area contributed by atoms with Gasteiger partial charge in [0.2, 0.25) is 0 Å². The van der Waals surface area contributed by atoms with E-state index in [4.69, 9.17) is 14.2 Å². The topological polar surface area (TPSA) is 44.8 Å². The van der Waals surface area contributed by atoms with Crippen LogP contribution in [0.25, 0.3) is 11.6 Å². The minimum absolute atomic E-state index is 0.0278. The van der Waals surface area contributed by atoms with Gasteiger partial charge in [0, 0.05) is 29.7 Å². The fraction of sp³-hybridized carbons (Fsp3) is 0.320. The van der Waals surface area contributed by atoms with E-state index in [1.54, 1.807) is 45.0 Å². The number of halogens is 4. The number of hydrogen-bond donors (Lipinski definition) is 0. The van der Waals surface area contributed by atoms with E-state index in [0.29, 0.717) is 23.5 Å². The molecule has 4 nitrogen and oxygen atoms in total. The lowest BCUT2D eigenvalue weighted by atomic mass is 9.90. The molecule has 0 N–H and O–H groups in total. The van der Waals surface area contributed by atoms with Gasteiger partial charge >= 0.3 is 11.8 Å². The van der Waals surface area contributed by atoms with Crippen LogP contribution in [0.3, 0.4) is 0 Å². The lowest BCUT2D eigenvalue weighted by molar-refractivity contribution is -0.205. The largest absolute Gasteiger partial charge is 0.486 e. The molecular formula is C25H24F4O4. The monoisotopic (exact) mass is 464 g/mol. The Morgan fingerprint density at radius 2 is 1.73 bits per heavy atom. The number of benzene rings is 2. The van der Waals surface area contributed by atoms with Gasteiger partial charge in [-0.25, -0.2) is 0 Å². The molecule has 0 amide bonds. The summed E-state index contributed by atoms with van der Waals surface area (Å²) in [5, 5.41) is 0. The summed E-state index contributed by atoms with van der Waals surface area (Å²) in [6.45, 7) is 9.46. The van der Waals surface area contributed by atoms with Gasteiger partial charge in [0.05, 0.1) is 0 Å². The fourth-order valence-electron chi connectivity index (χ4n) is 3.24. The highest BCUT2D eigenvalue weighted by atomic mass is 19.3. The quantitative estimate of drug-likeness (QED) is 0.326. The van der Waals surface area contributed by atoms with E-state index in [2.05, 4.69) is 6.58 Å². The van der Waals surface area contributed by atoms with Crippen LogP contribution >= 0.6 is 0 Å². The van der Waals surface area contributed by atoms with Crippen molar-refractivity contribution in [2.24, 2.45) is 0 Å². The Hall–Kier alpha value is -3.29. The molecule has 0 aromatic heterocycles. The standard InChI is InChI=1S/C25H24F4O4/c1-15-20(19-8-6-7-9-21(19)25(28,29)24(5,26)27)12-17-10-11-18(13-22(17)32-15)33-16(2)23(3,4)31-14-30/h6-14,16H,1H2,2-5H3. The lowest BCUT2D eigenvalue weighted by Crippen LogP contribution is -2.40. The second kappa shape index (κ2) is 8.57. The maximum atomic E-state index is 14.5. The van der Waals surface area contributed by atoms with E-state index in [1.165, 1.54) is 18.2 Å². The third-order valence-electron chi connectivity index (χ3n) is 5.57. The summed E-state index contributed by atoms with van der Waals surface area (Å²) in [5.74, 6) is -7.85. The first-order chi connectivity index (χ1) is 15.3. The molecule has 0 saturated carbocycles. The Labute approximate surface area is 189 Å². The van der Waals surface area contributed by atoms with Crippen LogP contribution < -0.4 is 9.47 Å². The number of ether oxygens (including phenoxy) is 3. The molecule has 2 aromatic rings. The summed E-state index contributed by atoms with van der Waals surface area (Å²) in [6.07, 6.45) is 1.06. The average Bonchev–Trinajstić information content (AvgIpc) is 2.72. The van der Waals surface area contributed by atoms with Crippen molar-refractivity contribution in [3.63, 3.8) is 0 Å². The number of hydrogen-bond acceptors (Lipinski definition) is 4. The second-order valence-corrected chi connectivity index (χ2v) is 8.37. The predicted octanol–water partition coefficient (Wildman–Crippen LogP) is 6.60. The van der Waals surface area contributed by atoms with Crippen LogP contribution in [0.2, 0.25) is 0 Å². The van der Waals surface area contributed by atoms with Gasteiger partial charge in [-0.1, -0.05) is 30.8 Å². The van der Waals surface area contributed by atoms with E-state index < -0.39 is 29.1 Å². The molecule has 0 spiro atoms. The average molecular weight is 464 g/mol. The van der Waals surface area contributed by atoms with E-state index in [-0.39, 0.29) is 23.8 Å². The Morgan fingerprint density at radius 3 is 2.36 bits per heavy atom. The van der Waals surface area contributed by atoms with E-state index in [0.717, 1.165) is 6.07 Å². The molecule has 8 heteroatoms. The molecule has 1 aliphatic heterocycles. The summed E-state index contributed by atoms with van der Waals surface area (Å²) in [4.78, 5) is 10.7. The molecule has 0 radical (unpaired) electrons. The van der Waals surface area contributed by atoms with Crippen molar-refractivity contribution in [1.82, 2.24) is 0 Å². The Kier molecular flexibility index (Phi) is 6.33. The molecule has 3 rings (SSSR count). The molecule has 176 valence electrons. The summed E-state index contributed by atoms with van der Waals surface area (Å²) in [6, 6.07) is 9.92. The number of fused-ring (bicyclic) bond motifs is 1. The maximum Gasteiger partial charge on any atom is 0.335 e. The minimum atomic E-state index is -4.39. The molecule has 0 bridgehead atoms. The van der Waals surface area contributed by atoms with Crippen LogP contribution in [-0.4, -0.2) is 24.1 Å². The zero-order chi connectivity index (χ0) is 24.6. The molecular weight excluding hydrogens is 440 g/mol. The summed E-state index contributed by atoms with van der Waals surface area (Å²) >= 11 is 0. The van der Waals surface area contributed by atoms with Crippen LogP contribution in [0.5, 0.6) is 11.5 Å². The summed E-state index contributed by atoms with van der Waals surface area (Å²) < 4.78 is 73.1. The maximum absolute atomic E-state index is 14.5. The zero-order valence-corrected chi connectivity index (χ0v) is 18.6. The summed E-state index contributed by atoms with van der Waals surface area (Å²) in [7, 11) is 0. The Morgan fingerprint density at radius 1 is 1.06 bits per heavy atom. The van der Waals surface area contributed by atoms with Gasteiger partial charge in [-0.2, -0.15) is 17.6 Å². The van der Waals surface area contributed by atoms with Crippen molar-refractivity contribution in [3.05, 3.63) is 71.5 Å². The Bertz CT molecular complexity index is 1100. The van der Waals surface area contributed by atoms with Crippen LogP contribution in [-0.2, 0) is 15.5 Å².